The molecule has 0 aromatic heterocycles. The predicted octanol–water partition coefficient (Wildman–Crippen LogP) is 3.19. The highest BCUT2D eigenvalue weighted by atomic mass is 16.5. The lowest BCUT2D eigenvalue weighted by molar-refractivity contribution is -0.0115. The first-order chi connectivity index (χ1) is 7.86. The Morgan fingerprint density at radius 2 is 1.88 bits per heavy atom. The summed E-state index contributed by atoms with van der Waals surface area (Å²) in [6, 6.07) is 6.34. The van der Waals surface area contributed by atoms with Gasteiger partial charge in [0.1, 0.15) is 11.9 Å². The molecule has 0 unspecified atom stereocenters. The zero-order valence-electron chi connectivity index (χ0n) is 11.2. The number of hydrogen-bond donors (Lipinski definition) is 1. The fraction of sp³-hybridized carbons (Fsp3) is 0.600. The quantitative estimate of drug-likeness (QED) is 0.851. The van der Waals surface area contributed by atoms with Crippen LogP contribution in [0.3, 0.4) is 0 Å². The van der Waals surface area contributed by atoms with Gasteiger partial charge in [-0.05, 0) is 24.0 Å². The molecule has 1 aromatic rings. The van der Waals surface area contributed by atoms with Crippen molar-refractivity contribution in [2.24, 2.45) is 0 Å². The van der Waals surface area contributed by atoms with E-state index in [9.17, 15) is 5.11 Å². The summed E-state index contributed by atoms with van der Waals surface area (Å²) in [4.78, 5) is 0. The molecule has 17 heavy (non-hydrogen) atoms. The molecule has 0 amide bonds. The van der Waals surface area contributed by atoms with E-state index < -0.39 is 0 Å². The molecule has 2 heteroatoms. The molecule has 0 aliphatic heterocycles. The summed E-state index contributed by atoms with van der Waals surface area (Å²) < 4.78 is 5.97. The van der Waals surface area contributed by atoms with Crippen LogP contribution in [0.5, 0.6) is 5.75 Å². The monoisotopic (exact) mass is 234 g/mol. The SMILES string of the molecule is Cc1ccc(OC2CC(O)C2)c(C(C)(C)C)c1. The van der Waals surface area contributed by atoms with Gasteiger partial charge >= 0.3 is 0 Å². The van der Waals surface area contributed by atoms with Crippen LogP contribution >= 0.6 is 0 Å². The lowest BCUT2D eigenvalue weighted by atomic mass is 9.85. The maximum atomic E-state index is 9.29. The van der Waals surface area contributed by atoms with Crippen molar-refractivity contribution in [3.8, 4) is 5.75 Å². The van der Waals surface area contributed by atoms with E-state index in [0.29, 0.717) is 0 Å². The maximum Gasteiger partial charge on any atom is 0.123 e. The average molecular weight is 234 g/mol. The number of benzene rings is 1. The van der Waals surface area contributed by atoms with Gasteiger partial charge in [0.2, 0.25) is 0 Å². The van der Waals surface area contributed by atoms with Crippen molar-refractivity contribution in [1.29, 1.82) is 0 Å². The molecule has 0 saturated heterocycles. The van der Waals surface area contributed by atoms with Gasteiger partial charge in [0.05, 0.1) is 6.10 Å². The van der Waals surface area contributed by atoms with Gasteiger partial charge in [0.15, 0.2) is 0 Å². The zero-order valence-corrected chi connectivity index (χ0v) is 11.2. The highest BCUT2D eigenvalue weighted by Crippen LogP contribution is 2.35. The molecule has 0 atom stereocenters. The summed E-state index contributed by atoms with van der Waals surface area (Å²) in [7, 11) is 0. The van der Waals surface area contributed by atoms with Crippen molar-refractivity contribution in [1.82, 2.24) is 0 Å². The molecule has 2 rings (SSSR count). The number of hydrogen-bond acceptors (Lipinski definition) is 2. The van der Waals surface area contributed by atoms with E-state index in [1.807, 2.05) is 0 Å². The highest BCUT2D eigenvalue weighted by Gasteiger charge is 2.30. The smallest absolute Gasteiger partial charge is 0.123 e. The number of aliphatic hydroxyl groups excluding tert-OH is 1. The summed E-state index contributed by atoms with van der Waals surface area (Å²) in [5.41, 5.74) is 2.60. The van der Waals surface area contributed by atoms with Crippen LogP contribution in [-0.2, 0) is 5.41 Å². The summed E-state index contributed by atoms with van der Waals surface area (Å²) in [6.07, 6.45) is 1.55. The van der Waals surface area contributed by atoms with Crippen LogP contribution in [0.25, 0.3) is 0 Å². The number of rotatable bonds is 2. The van der Waals surface area contributed by atoms with Crippen molar-refractivity contribution in [2.75, 3.05) is 0 Å². The van der Waals surface area contributed by atoms with E-state index in [-0.39, 0.29) is 17.6 Å². The van der Waals surface area contributed by atoms with Gasteiger partial charge in [0.25, 0.3) is 0 Å². The molecule has 0 bridgehead atoms. The zero-order chi connectivity index (χ0) is 12.6. The lowest BCUT2D eigenvalue weighted by Gasteiger charge is -2.34. The molecule has 0 radical (unpaired) electrons. The Hall–Kier alpha value is -1.02. The van der Waals surface area contributed by atoms with Crippen molar-refractivity contribution in [2.45, 2.75) is 58.2 Å². The van der Waals surface area contributed by atoms with Crippen molar-refractivity contribution in [3.05, 3.63) is 29.3 Å². The second-order valence-corrected chi connectivity index (χ2v) is 6.11. The number of ether oxygens (including phenoxy) is 1. The van der Waals surface area contributed by atoms with E-state index in [0.717, 1.165) is 18.6 Å². The molecule has 0 spiro atoms. The van der Waals surface area contributed by atoms with E-state index in [1.54, 1.807) is 0 Å². The van der Waals surface area contributed by atoms with Gasteiger partial charge in [-0.2, -0.15) is 0 Å². The van der Waals surface area contributed by atoms with Gasteiger partial charge in [-0.3, -0.25) is 0 Å². The molecular weight excluding hydrogens is 212 g/mol. The molecule has 1 saturated carbocycles. The molecule has 2 nitrogen and oxygen atoms in total. The molecule has 94 valence electrons. The predicted molar refractivity (Wildman–Crippen MR) is 69.5 cm³/mol. The van der Waals surface area contributed by atoms with Gasteiger partial charge in [-0.25, -0.2) is 0 Å². The fourth-order valence-corrected chi connectivity index (χ4v) is 2.15. The highest BCUT2D eigenvalue weighted by molar-refractivity contribution is 5.41. The third-order valence-corrected chi connectivity index (χ3v) is 3.31. The standard InChI is InChI=1S/C15H22O2/c1-10-5-6-14(13(7-10)15(2,3)4)17-12-8-11(16)9-12/h5-7,11-12,16H,8-9H2,1-4H3. The van der Waals surface area contributed by atoms with Crippen LogP contribution < -0.4 is 4.74 Å². The number of aryl methyl sites for hydroxylation is 1. The van der Waals surface area contributed by atoms with Crippen LogP contribution in [0.2, 0.25) is 0 Å². The van der Waals surface area contributed by atoms with E-state index in [1.165, 1.54) is 11.1 Å². The van der Waals surface area contributed by atoms with Crippen LogP contribution in [-0.4, -0.2) is 17.3 Å². The van der Waals surface area contributed by atoms with Crippen molar-refractivity contribution >= 4 is 0 Å². The van der Waals surface area contributed by atoms with Crippen LogP contribution in [0.1, 0.15) is 44.7 Å². The molecule has 1 aliphatic rings. The summed E-state index contributed by atoms with van der Waals surface area (Å²) >= 11 is 0. The molecule has 1 aromatic carbocycles. The Morgan fingerprint density at radius 1 is 1.24 bits per heavy atom. The maximum absolute atomic E-state index is 9.29. The first-order valence-electron chi connectivity index (χ1n) is 6.32. The Bertz CT molecular complexity index is 398. The first-order valence-corrected chi connectivity index (χ1v) is 6.32. The fourth-order valence-electron chi connectivity index (χ4n) is 2.15. The summed E-state index contributed by atoms with van der Waals surface area (Å²) in [5, 5.41) is 9.29. The van der Waals surface area contributed by atoms with E-state index in [4.69, 9.17) is 4.74 Å². The minimum Gasteiger partial charge on any atom is -0.490 e. The molecule has 1 N–H and O–H groups in total. The largest absolute Gasteiger partial charge is 0.490 e. The van der Waals surface area contributed by atoms with Crippen LogP contribution in [0.4, 0.5) is 0 Å². The Morgan fingerprint density at radius 3 is 2.41 bits per heavy atom. The topological polar surface area (TPSA) is 29.5 Å². The van der Waals surface area contributed by atoms with E-state index in [2.05, 4.69) is 45.9 Å². The number of aliphatic hydroxyl groups is 1. The van der Waals surface area contributed by atoms with Gasteiger partial charge in [0, 0.05) is 12.8 Å². The molecule has 1 aliphatic carbocycles. The Balaban J connectivity index is 2.21. The first kappa shape index (κ1) is 12.4. The minimum absolute atomic E-state index is 0.0870. The Kier molecular flexibility index (Phi) is 3.17. The summed E-state index contributed by atoms with van der Waals surface area (Å²) in [5.74, 6) is 0.972. The van der Waals surface area contributed by atoms with Gasteiger partial charge in [-0.1, -0.05) is 38.5 Å². The second-order valence-electron chi connectivity index (χ2n) is 6.11. The normalized spacial score (nSPS) is 24.3. The van der Waals surface area contributed by atoms with E-state index >= 15 is 0 Å². The third-order valence-electron chi connectivity index (χ3n) is 3.31. The Labute approximate surface area is 104 Å². The van der Waals surface area contributed by atoms with Crippen LogP contribution in [0.15, 0.2) is 18.2 Å². The minimum atomic E-state index is -0.163. The van der Waals surface area contributed by atoms with Gasteiger partial charge < -0.3 is 9.84 Å². The van der Waals surface area contributed by atoms with Crippen LogP contribution in [0, 0.1) is 6.92 Å². The van der Waals surface area contributed by atoms with Crippen molar-refractivity contribution < 1.29 is 9.84 Å². The second kappa shape index (κ2) is 4.34. The summed E-state index contributed by atoms with van der Waals surface area (Å²) in [6.45, 7) is 8.70. The third kappa shape index (κ3) is 2.81. The van der Waals surface area contributed by atoms with Crippen molar-refractivity contribution in [3.63, 3.8) is 0 Å². The lowest BCUT2D eigenvalue weighted by Crippen LogP contribution is -2.38. The average Bonchev–Trinajstić information content (AvgIpc) is 2.16. The van der Waals surface area contributed by atoms with Gasteiger partial charge in [-0.15, -0.1) is 0 Å². The molecule has 0 heterocycles. The molecular formula is C15H22O2. The molecule has 1 fully saturated rings.